The molecular formula is C5H8Cl3O3P. The van der Waals surface area contributed by atoms with Gasteiger partial charge in [0.25, 0.3) is 0 Å². The zero-order valence-corrected chi connectivity index (χ0v) is 9.30. The molecule has 0 saturated carbocycles. The Hall–Kier alpha value is 1.02. The molecule has 72 valence electrons. The topological polar surface area (TPSA) is 35.5 Å². The van der Waals surface area contributed by atoms with Crippen molar-refractivity contribution in [3.8, 4) is 0 Å². The van der Waals surface area contributed by atoms with Crippen LogP contribution in [0.5, 0.6) is 0 Å². The molecule has 0 aliphatic carbocycles. The smallest absolute Gasteiger partial charge is 0.296 e. The molecule has 1 aliphatic rings. The first-order valence-electron chi connectivity index (χ1n) is 3.24. The SMILES string of the molecule is O=P1(Cl)OCC(CCl)(CCl)CO1. The first-order chi connectivity index (χ1) is 5.54. The summed E-state index contributed by atoms with van der Waals surface area (Å²) in [4.78, 5) is 0. The fourth-order valence-electron chi connectivity index (χ4n) is 0.697. The van der Waals surface area contributed by atoms with Crippen molar-refractivity contribution < 1.29 is 13.6 Å². The predicted molar refractivity (Wildman–Crippen MR) is 49.2 cm³/mol. The molecule has 0 unspecified atom stereocenters. The van der Waals surface area contributed by atoms with Crippen molar-refractivity contribution in [3.63, 3.8) is 0 Å². The highest BCUT2D eigenvalue weighted by atomic mass is 35.7. The number of halogens is 3. The Bertz CT molecular complexity index is 192. The summed E-state index contributed by atoms with van der Waals surface area (Å²) in [5.41, 5.74) is -0.452. The lowest BCUT2D eigenvalue weighted by molar-refractivity contribution is 0.0539. The summed E-state index contributed by atoms with van der Waals surface area (Å²) in [5, 5.41) is 0. The number of hydrogen-bond donors (Lipinski definition) is 0. The van der Waals surface area contributed by atoms with Crippen LogP contribution in [0.25, 0.3) is 0 Å². The third kappa shape index (κ3) is 2.50. The van der Waals surface area contributed by atoms with E-state index < -0.39 is 12.4 Å². The summed E-state index contributed by atoms with van der Waals surface area (Å²) >= 11 is 16.6. The second-order valence-corrected chi connectivity index (χ2v) is 5.90. The van der Waals surface area contributed by atoms with Crippen molar-refractivity contribution in [2.24, 2.45) is 5.41 Å². The van der Waals surface area contributed by atoms with Crippen molar-refractivity contribution in [1.82, 2.24) is 0 Å². The highest BCUT2D eigenvalue weighted by Gasteiger charge is 2.40. The molecule has 0 atom stereocenters. The number of rotatable bonds is 2. The van der Waals surface area contributed by atoms with Gasteiger partial charge in [0.05, 0.1) is 13.2 Å². The van der Waals surface area contributed by atoms with Gasteiger partial charge in [0.15, 0.2) is 0 Å². The summed E-state index contributed by atoms with van der Waals surface area (Å²) in [7, 11) is 0. The van der Waals surface area contributed by atoms with Crippen LogP contribution in [-0.4, -0.2) is 25.0 Å². The van der Waals surface area contributed by atoms with Gasteiger partial charge in [-0.25, -0.2) is 4.57 Å². The third-order valence-corrected chi connectivity index (χ3v) is 4.21. The van der Waals surface area contributed by atoms with Crippen molar-refractivity contribution in [2.75, 3.05) is 25.0 Å². The van der Waals surface area contributed by atoms with Gasteiger partial charge < -0.3 is 0 Å². The largest absolute Gasteiger partial charge is 0.424 e. The van der Waals surface area contributed by atoms with Crippen LogP contribution >= 0.6 is 41.4 Å². The molecule has 0 aromatic heterocycles. The lowest BCUT2D eigenvalue weighted by Crippen LogP contribution is -2.38. The Morgan fingerprint density at radius 3 is 2.00 bits per heavy atom. The van der Waals surface area contributed by atoms with Crippen LogP contribution in [0.3, 0.4) is 0 Å². The molecular weight excluding hydrogens is 245 g/mol. The predicted octanol–water partition coefficient (Wildman–Crippen LogP) is 2.84. The Kier molecular flexibility index (Phi) is 3.73. The van der Waals surface area contributed by atoms with Crippen molar-refractivity contribution >= 4 is 41.4 Å². The minimum absolute atomic E-state index is 0.181. The van der Waals surface area contributed by atoms with Gasteiger partial charge in [0.2, 0.25) is 0 Å². The fraction of sp³-hybridized carbons (Fsp3) is 1.00. The van der Waals surface area contributed by atoms with Gasteiger partial charge >= 0.3 is 6.95 Å². The van der Waals surface area contributed by atoms with Gasteiger partial charge in [0, 0.05) is 28.4 Å². The Labute approximate surface area is 85.6 Å². The van der Waals surface area contributed by atoms with Crippen molar-refractivity contribution in [3.05, 3.63) is 0 Å². The normalized spacial score (nSPS) is 26.9. The molecule has 1 fully saturated rings. The molecule has 0 bridgehead atoms. The molecule has 0 aromatic rings. The van der Waals surface area contributed by atoms with E-state index in [-0.39, 0.29) is 13.2 Å². The summed E-state index contributed by atoms with van der Waals surface area (Å²) in [6, 6.07) is 0. The van der Waals surface area contributed by atoms with Gasteiger partial charge in [0.1, 0.15) is 0 Å². The third-order valence-electron chi connectivity index (χ3n) is 1.62. The molecule has 1 aliphatic heterocycles. The van der Waals surface area contributed by atoms with Crippen molar-refractivity contribution in [2.45, 2.75) is 0 Å². The van der Waals surface area contributed by atoms with Crippen molar-refractivity contribution in [1.29, 1.82) is 0 Å². The van der Waals surface area contributed by atoms with E-state index in [1.807, 2.05) is 0 Å². The molecule has 1 saturated heterocycles. The Morgan fingerprint density at radius 1 is 1.25 bits per heavy atom. The maximum Gasteiger partial charge on any atom is 0.424 e. The van der Waals surface area contributed by atoms with E-state index in [0.717, 1.165) is 0 Å². The minimum Gasteiger partial charge on any atom is -0.296 e. The van der Waals surface area contributed by atoms with Gasteiger partial charge in [-0.3, -0.25) is 9.05 Å². The van der Waals surface area contributed by atoms with Gasteiger partial charge in [-0.1, -0.05) is 0 Å². The Balaban J connectivity index is 2.59. The average Bonchev–Trinajstić information content (AvgIpc) is 2.06. The number of hydrogen-bond acceptors (Lipinski definition) is 3. The lowest BCUT2D eigenvalue weighted by atomic mass is 9.96. The lowest BCUT2D eigenvalue weighted by Gasteiger charge is -2.34. The highest BCUT2D eigenvalue weighted by Crippen LogP contribution is 2.58. The van der Waals surface area contributed by atoms with Crippen LogP contribution in [0.15, 0.2) is 0 Å². The van der Waals surface area contributed by atoms with Gasteiger partial charge in [-0.15, -0.1) is 23.2 Å². The molecule has 0 radical (unpaired) electrons. The van der Waals surface area contributed by atoms with Crippen LogP contribution in [0.2, 0.25) is 0 Å². The van der Waals surface area contributed by atoms with E-state index in [1.54, 1.807) is 0 Å². The average molecular weight is 253 g/mol. The summed E-state index contributed by atoms with van der Waals surface area (Å²) in [6.45, 7) is -2.98. The van der Waals surface area contributed by atoms with Crippen LogP contribution < -0.4 is 0 Å². The standard InChI is InChI=1S/C5H8Cl3O3P/c6-1-5(2-7)3-10-12(8,9)11-4-5/h1-4H2. The highest BCUT2D eigenvalue weighted by molar-refractivity contribution is 7.81. The molecule has 7 heteroatoms. The first-order valence-corrected chi connectivity index (χ1v) is 6.76. The van der Waals surface area contributed by atoms with Gasteiger partial charge in [-0.05, 0) is 0 Å². The molecule has 0 amide bonds. The van der Waals surface area contributed by atoms with Crippen LogP contribution in [-0.2, 0) is 13.6 Å². The van der Waals surface area contributed by atoms with Crippen LogP contribution in [0.1, 0.15) is 0 Å². The molecule has 3 nitrogen and oxygen atoms in total. The van der Waals surface area contributed by atoms with E-state index in [2.05, 4.69) is 0 Å². The first kappa shape index (κ1) is 11.1. The maximum absolute atomic E-state index is 11.0. The molecule has 0 N–H and O–H groups in total. The second kappa shape index (κ2) is 4.04. The monoisotopic (exact) mass is 252 g/mol. The van der Waals surface area contributed by atoms with E-state index in [1.165, 1.54) is 0 Å². The van der Waals surface area contributed by atoms with E-state index in [0.29, 0.717) is 11.8 Å². The Morgan fingerprint density at radius 2 is 1.67 bits per heavy atom. The quantitative estimate of drug-likeness (QED) is 0.561. The van der Waals surface area contributed by atoms with E-state index in [9.17, 15) is 4.57 Å². The summed E-state index contributed by atoms with van der Waals surface area (Å²) in [5.74, 6) is 0.598. The van der Waals surface area contributed by atoms with E-state index >= 15 is 0 Å². The fourth-order valence-corrected chi connectivity index (χ4v) is 2.51. The van der Waals surface area contributed by atoms with Crippen LogP contribution in [0, 0.1) is 5.41 Å². The molecule has 1 heterocycles. The van der Waals surface area contributed by atoms with Crippen LogP contribution in [0.4, 0.5) is 0 Å². The molecule has 0 aromatic carbocycles. The summed E-state index contributed by atoms with van der Waals surface area (Å²) < 4.78 is 20.6. The number of alkyl halides is 2. The van der Waals surface area contributed by atoms with Gasteiger partial charge in [-0.2, -0.15) is 0 Å². The minimum atomic E-state index is -3.34. The zero-order valence-electron chi connectivity index (χ0n) is 6.13. The second-order valence-electron chi connectivity index (χ2n) is 2.74. The molecule has 0 spiro atoms. The van der Waals surface area contributed by atoms with E-state index in [4.69, 9.17) is 43.5 Å². The summed E-state index contributed by atoms with van der Waals surface area (Å²) in [6.07, 6.45) is 0. The molecule has 12 heavy (non-hydrogen) atoms. The maximum atomic E-state index is 11.0. The zero-order chi connectivity index (χ0) is 9.24. The molecule has 1 rings (SSSR count).